The summed E-state index contributed by atoms with van der Waals surface area (Å²) in [6, 6.07) is 6.06. The molecule has 0 saturated carbocycles. The zero-order chi connectivity index (χ0) is 20.7. The van der Waals surface area contributed by atoms with Crippen LogP contribution in [0, 0.1) is 13.8 Å². The lowest BCUT2D eigenvalue weighted by atomic mass is 10.0. The fourth-order valence-electron chi connectivity index (χ4n) is 3.16. The van der Waals surface area contributed by atoms with E-state index in [4.69, 9.17) is 12.2 Å². The molecule has 0 fully saturated rings. The van der Waals surface area contributed by atoms with E-state index in [0.29, 0.717) is 30.2 Å². The second-order valence-electron chi connectivity index (χ2n) is 7.64. The third-order valence-corrected chi connectivity index (χ3v) is 5.39. The second kappa shape index (κ2) is 10.5. The first kappa shape index (κ1) is 22.3. The Kier molecular flexibility index (Phi) is 8.41. The highest BCUT2D eigenvalue weighted by atomic mass is 32.1. The fraction of sp³-hybridized carbons (Fsp3) is 0.524. The van der Waals surface area contributed by atoms with Crippen LogP contribution in [0.15, 0.2) is 23.0 Å². The van der Waals surface area contributed by atoms with Crippen LogP contribution >= 0.6 is 12.2 Å². The number of fused-ring (bicyclic) bond motifs is 1. The van der Waals surface area contributed by atoms with Crippen molar-refractivity contribution in [1.29, 1.82) is 0 Å². The first-order chi connectivity index (χ1) is 13.3. The average Bonchev–Trinajstić information content (AvgIpc) is 2.66. The van der Waals surface area contributed by atoms with Gasteiger partial charge in [0.05, 0.1) is 32.7 Å². The molecule has 0 radical (unpaired) electrons. The molecule has 154 valence electrons. The first-order valence-corrected chi connectivity index (χ1v) is 10.3. The third-order valence-electron chi connectivity index (χ3n) is 4.99. The number of aliphatic hydroxyl groups excluding tert-OH is 1. The maximum absolute atomic E-state index is 12.7. The van der Waals surface area contributed by atoms with E-state index in [9.17, 15) is 9.90 Å². The van der Waals surface area contributed by atoms with E-state index in [1.54, 1.807) is 0 Å². The fourth-order valence-corrected chi connectivity index (χ4v) is 3.41. The van der Waals surface area contributed by atoms with E-state index in [2.05, 4.69) is 30.5 Å². The maximum Gasteiger partial charge on any atom is 0.253 e. The van der Waals surface area contributed by atoms with Crippen molar-refractivity contribution in [1.82, 2.24) is 15.2 Å². The molecule has 1 heterocycles. The summed E-state index contributed by atoms with van der Waals surface area (Å²) in [6.07, 6.45) is 1.62. The van der Waals surface area contributed by atoms with Gasteiger partial charge in [0.1, 0.15) is 0 Å². The van der Waals surface area contributed by atoms with Crippen molar-refractivity contribution in [3.63, 3.8) is 0 Å². The zero-order valence-electron chi connectivity index (χ0n) is 17.4. The Hall–Kier alpha value is -1.96. The van der Waals surface area contributed by atoms with E-state index < -0.39 is 0 Å². The summed E-state index contributed by atoms with van der Waals surface area (Å²) in [4.78, 5) is 19.1. The van der Waals surface area contributed by atoms with Gasteiger partial charge in [0.15, 0.2) is 5.11 Å². The Morgan fingerprint density at radius 2 is 2.04 bits per heavy atom. The summed E-state index contributed by atoms with van der Waals surface area (Å²) in [6.45, 7) is 7.04. The minimum atomic E-state index is -0.0887. The van der Waals surface area contributed by atoms with Crippen molar-refractivity contribution in [3.05, 3.63) is 45.2 Å². The van der Waals surface area contributed by atoms with Crippen LogP contribution in [0.25, 0.3) is 10.9 Å². The van der Waals surface area contributed by atoms with Crippen molar-refractivity contribution in [2.45, 2.75) is 33.2 Å². The van der Waals surface area contributed by atoms with Crippen molar-refractivity contribution in [2.24, 2.45) is 0 Å². The molecular formula is C21H33N4O2S+. The minimum absolute atomic E-state index is 0.0887. The van der Waals surface area contributed by atoms with Gasteiger partial charge in [-0.25, -0.2) is 0 Å². The molecule has 0 spiro atoms. The van der Waals surface area contributed by atoms with Crippen LogP contribution in [0.4, 0.5) is 0 Å². The molecule has 6 nitrogen and oxygen atoms in total. The predicted octanol–water partition coefficient (Wildman–Crippen LogP) is 0.738. The lowest BCUT2D eigenvalue weighted by molar-refractivity contribution is -0.858. The molecule has 28 heavy (non-hydrogen) atoms. The Balaban J connectivity index is 2.17. The predicted molar refractivity (Wildman–Crippen MR) is 119 cm³/mol. The number of nitrogens with zero attached hydrogens (tertiary/aromatic N) is 1. The summed E-state index contributed by atoms with van der Waals surface area (Å²) in [5, 5.41) is 14.2. The van der Waals surface area contributed by atoms with Gasteiger partial charge in [0, 0.05) is 31.7 Å². The van der Waals surface area contributed by atoms with Gasteiger partial charge in [-0.1, -0.05) is 12.1 Å². The Morgan fingerprint density at radius 3 is 2.71 bits per heavy atom. The van der Waals surface area contributed by atoms with Crippen LogP contribution in [0.5, 0.6) is 0 Å². The number of aryl methyl sites for hydroxylation is 2. The number of aliphatic hydroxyl groups is 1. The van der Waals surface area contributed by atoms with Crippen LogP contribution in [0.2, 0.25) is 0 Å². The second-order valence-corrected chi connectivity index (χ2v) is 8.02. The number of H-pyrrole nitrogens is 1. The first-order valence-electron chi connectivity index (χ1n) is 9.88. The van der Waals surface area contributed by atoms with Gasteiger partial charge < -0.3 is 25.2 Å². The van der Waals surface area contributed by atoms with Gasteiger partial charge in [-0.2, -0.15) is 0 Å². The summed E-state index contributed by atoms with van der Waals surface area (Å²) < 4.78 is 0. The molecule has 0 atom stereocenters. The molecule has 0 aliphatic rings. The van der Waals surface area contributed by atoms with Gasteiger partial charge in [0.2, 0.25) is 0 Å². The van der Waals surface area contributed by atoms with Crippen LogP contribution in [-0.2, 0) is 6.54 Å². The molecule has 4 N–H and O–H groups in total. The Morgan fingerprint density at radius 1 is 1.29 bits per heavy atom. The van der Waals surface area contributed by atoms with Crippen molar-refractivity contribution in [3.8, 4) is 0 Å². The molecular weight excluding hydrogens is 372 g/mol. The molecule has 0 aliphatic carbocycles. The standard InChI is InChI=1S/C21H32N4O2S/c1-15-7-8-17-13-18(20(27)23-19(17)16(15)2)14-25(11-6-12-26)21(28)22-9-5-10-24(3)4/h7-8,13,26H,5-6,9-12,14H2,1-4H3,(H,22,28)(H,23,27)/p+1. The molecule has 1 aromatic heterocycles. The van der Waals surface area contributed by atoms with Crippen molar-refractivity contribution >= 4 is 28.2 Å². The SMILES string of the molecule is Cc1ccc2cc(CN(CCCO)C(=S)NCCC[NH+](C)C)c(=O)[nH]c2c1C. The van der Waals surface area contributed by atoms with Gasteiger partial charge in [-0.3, -0.25) is 4.79 Å². The lowest BCUT2D eigenvalue weighted by Gasteiger charge is -2.26. The highest BCUT2D eigenvalue weighted by Gasteiger charge is 2.14. The highest BCUT2D eigenvalue weighted by Crippen LogP contribution is 2.19. The molecule has 0 saturated heterocycles. The van der Waals surface area contributed by atoms with E-state index in [1.807, 2.05) is 30.9 Å². The molecule has 0 bridgehead atoms. The lowest BCUT2D eigenvalue weighted by Crippen LogP contribution is -3.05. The van der Waals surface area contributed by atoms with E-state index in [-0.39, 0.29) is 12.2 Å². The highest BCUT2D eigenvalue weighted by molar-refractivity contribution is 7.80. The summed E-state index contributed by atoms with van der Waals surface area (Å²) >= 11 is 5.56. The monoisotopic (exact) mass is 405 g/mol. The van der Waals surface area contributed by atoms with Crippen LogP contribution in [0.3, 0.4) is 0 Å². The molecule has 1 aromatic carbocycles. The van der Waals surface area contributed by atoms with Gasteiger partial charge in [-0.15, -0.1) is 0 Å². The van der Waals surface area contributed by atoms with Crippen LogP contribution in [-0.4, -0.2) is 60.4 Å². The molecule has 0 unspecified atom stereocenters. The molecule has 2 aromatic rings. The van der Waals surface area contributed by atoms with Crippen LogP contribution in [0.1, 0.15) is 29.5 Å². The van der Waals surface area contributed by atoms with Crippen LogP contribution < -0.4 is 15.8 Å². The maximum atomic E-state index is 12.7. The number of rotatable bonds is 9. The third kappa shape index (κ3) is 6.02. The Labute approximate surface area is 172 Å². The van der Waals surface area contributed by atoms with Gasteiger partial charge in [-0.05, 0) is 55.1 Å². The van der Waals surface area contributed by atoms with Crippen molar-refractivity contribution in [2.75, 3.05) is 40.3 Å². The van der Waals surface area contributed by atoms with Gasteiger partial charge in [0.25, 0.3) is 5.56 Å². The number of benzene rings is 1. The minimum Gasteiger partial charge on any atom is -0.396 e. The largest absolute Gasteiger partial charge is 0.396 e. The molecule has 7 heteroatoms. The summed E-state index contributed by atoms with van der Waals surface area (Å²) in [5.74, 6) is 0. The van der Waals surface area contributed by atoms with Crippen molar-refractivity contribution < 1.29 is 10.0 Å². The number of hydrogen-bond acceptors (Lipinski definition) is 3. The summed E-state index contributed by atoms with van der Waals surface area (Å²) in [5.41, 5.74) is 3.73. The molecule has 0 amide bonds. The number of thiocarbonyl (C=S) groups is 1. The molecule has 0 aliphatic heterocycles. The molecule has 2 rings (SSSR count). The topological polar surface area (TPSA) is 72.8 Å². The van der Waals surface area contributed by atoms with E-state index >= 15 is 0 Å². The summed E-state index contributed by atoms with van der Waals surface area (Å²) in [7, 11) is 4.25. The Bertz CT molecular complexity index is 863. The van der Waals surface area contributed by atoms with E-state index in [1.165, 1.54) is 4.90 Å². The normalized spacial score (nSPS) is 11.2. The quantitative estimate of drug-likeness (QED) is 0.366. The number of aromatic nitrogens is 1. The zero-order valence-corrected chi connectivity index (χ0v) is 18.2. The smallest absolute Gasteiger partial charge is 0.253 e. The number of nitrogens with one attached hydrogen (secondary N) is 3. The van der Waals surface area contributed by atoms with E-state index in [0.717, 1.165) is 41.5 Å². The number of quaternary nitrogens is 1. The average molecular weight is 406 g/mol. The number of hydrogen-bond donors (Lipinski definition) is 4. The number of aromatic amines is 1. The number of pyridine rings is 1. The van der Waals surface area contributed by atoms with Gasteiger partial charge >= 0.3 is 0 Å².